The van der Waals surface area contributed by atoms with E-state index in [1.165, 1.54) is 0 Å². The summed E-state index contributed by atoms with van der Waals surface area (Å²) in [7, 11) is 0. The summed E-state index contributed by atoms with van der Waals surface area (Å²) in [5.74, 6) is 1.81. The van der Waals surface area contributed by atoms with E-state index in [9.17, 15) is 0 Å². The summed E-state index contributed by atoms with van der Waals surface area (Å²) < 4.78 is 5.27. The van der Waals surface area contributed by atoms with Crippen LogP contribution in [0.1, 0.15) is 25.2 Å². The van der Waals surface area contributed by atoms with Crippen LogP contribution in [0, 0.1) is 12.8 Å². The Morgan fingerprint density at radius 1 is 1.35 bits per heavy atom. The van der Waals surface area contributed by atoms with Crippen LogP contribution >= 0.6 is 0 Å². The van der Waals surface area contributed by atoms with Gasteiger partial charge in [0.1, 0.15) is 0 Å². The van der Waals surface area contributed by atoms with Gasteiger partial charge in [0.05, 0.1) is 0 Å². The monoisotopic (exact) mass is 231 g/mol. The number of aromatic nitrogens is 2. The van der Waals surface area contributed by atoms with Crippen molar-refractivity contribution >= 4 is 5.69 Å². The second kappa shape index (κ2) is 4.57. The molecule has 0 fully saturated rings. The molecule has 0 bridgehead atoms. The maximum atomic E-state index is 5.86. The Hall–Kier alpha value is -1.84. The molecule has 0 aliphatic carbocycles. The third kappa shape index (κ3) is 2.46. The maximum absolute atomic E-state index is 5.86. The second-order valence-corrected chi connectivity index (χ2v) is 4.63. The highest BCUT2D eigenvalue weighted by molar-refractivity contribution is 5.66. The van der Waals surface area contributed by atoms with Crippen molar-refractivity contribution in [3.05, 3.63) is 29.6 Å². The lowest BCUT2D eigenvalue weighted by molar-refractivity contribution is 0.417. The zero-order chi connectivity index (χ0) is 12.4. The molecule has 0 saturated carbocycles. The molecule has 4 heteroatoms. The van der Waals surface area contributed by atoms with E-state index >= 15 is 0 Å². The van der Waals surface area contributed by atoms with Crippen molar-refractivity contribution in [2.24, 2.45) is 5.92 Å². The maximum Gasteiger partial charge on any atom is 0.258 e. The topological polar surface area (TPSA) is 64.9 Å². The molecule has 2 N–H and O–H groups in total. The van der Waals surface area contributed by atoms with Gasteiger partial charge in [-0.3, -0.25) is 0 Å². The normalized spacial score (nSPS) is 11.1. The Labute approximate surface area is 101 Å². The first-order chi connectivity index (χ1) is 8.08. The van der Waals surface area contributed by atoms with Crippen molar-refractivity contribution < 1.29 is 4.52 Å². The van der Waals surface area contributed by atoms with Crippen molar-refractivity contribution in [3.63, 3.8) is 0 Å². The van der Waals surface area contributed by atoms with Gasteiger partial charge in [0.25, 0.3) is 5.89 Å². The quantitative estimate of drug-likeness (QED) is 0.825. The number of rotatable bonds is 3. The highest BCUT2D eigenvalue weighted by Crippen LogP contribution is 2.25. The molecule has 0 saturated heterocycles. The lowest BCUT2D eigenvalue weighted by Crippen LogP contribution is -1.96. The van der Waals surface area contributed by atoms with Crippen LogP contribution in [-0.4, -0.2) is 10.1 Å². The van der Waals surface area contributed by atoms with Crippen molar-refractivity contribution in [3.8, 4) is 11.5 Å². The van der Waals surface area contributed by atoms with Gasteiger partial charge in [0.15, 0.2) is 5.82 Å². The molecule has 17 heavy (non-hydrogen) atoms. The number of benzene rings is 1. The lowest BCUT2D eigenvalue weighted by atomic mass is 10.1. The molecular weight excluding hydrogens is 214 g/mol. The van der Waals surface area contributed by atoms with Crippen molar-refractivity contribution in [2.75, 3.05) is 5.73 Å². The van der Waals surface area contributed by atoms with E-state index in [0.29, 0.717) is 11.8 Å². The second-order valence-electron chi connectivity index (χ2n) is 4.63. The summed E-state index contributed by atoms with van der Waals surface area (Å²) in [6.45, 7) is 6.21. The molecule has 4 nitrogen and oxygen atoms in total. The Kier molecular flexibility index (Phi) is 3.13. The summed E-state index contributed by atoms with van der Waals surface area (Å²) in [5.41, 5.74) is 8.49. The van der Waals surface area contributed by atoms with E-state index in [-0.39, 0.29) is 0 Å². The van der Waals surface area contributed by atoms with Crippen LogP contribution in [0.2, 0.25) is 0 Å². The predicted octanol–water partition coefficient (Wildman–Crippen LogP) is 2.83. The minimum Gasteiger partial charge on any atom is -0.398 e. The first kappa shape index (κ1) is 11.6. The van der Waals surface area contributed by atoms with E-state index < -0.39 is 0 Å². The number of nitrogens with zero attached hydrogens (tertiary/aromatic N) is 2. The molecule has 0 spiro atoms. The van der Waals surface area contributed by atoms with Crippen molar-refractivity contribution in [1.29, 1.82) is 0 Å². The molecular formula is C13H17N3O. The average Bonchev–Trinajstić information content (AvgIpc) is 2.69. The molecule has 0 aliphatic heterocycles. The summed E-state index contributed by atoms with van der Waals surface area (Å²) in [5, 5.41) is 3.98. The summed E-state index contributed by atoms with van der Waals surface area (Å²) >= 11 is 0. The molecule has 1 aromatic carbocycles. The third-order valence-corrected chi connectivity index (χ3v) is 2.67. The molecule has 0 aliphatic rings. The zero-order valence-electron chi connectivity index (χ0n) is 10.4. The highest BCUT2D eigenvalue weighted by atomic mass is 16.5. The van der Waals surface area contributed by atoms with Gasteiger partial charge in [-0.2, -0.15) is 4.98 Å². The van der Waals surface area contributed by atoms with Gasteiger partial charge in [-0.25, -0.2) is 0 Å². The van der Waals surface area contributed by atoms with Crippen LogP contribution < -0.4 is 5.73 Å². The first-order valence-electron chi connectivity index (χ1n) is 5.76. The molecule has 2 rings (SSSR count). The molecule has 90 valence electrons. The number of hydrogen-bond acceptors (Lipinski definition) is 4. The summed E-state index contributed by atoms with van der Waals surface area (Å²) in [6.07, 6.45) is 0.824. The minimum absolute atomic E-state index is 0.516. The van der Waals surface area contributed by atoms with Gasteiger partial charge in [0, 0.05) is 17.7 Å². The Morgan fingerprint density at radius 3 is 2.82 bits per heavy atom. The molecule has 1 heterocycles. The van der Waals surface area contributed by atoms with Crippen LogP contribution in [0.25, 0.3) is 11.5 Å². The fraction of sp³-hybridized carbons (Fsp3) is 0.385. The van der Waals surface area contributed by atoms with Crippen LogP contribution in [0.5, 0.6) is 0 Å². The minimum atomic E-state index is 0.516. The highest BCUT2D eigenvalue weighted by Gasteiger charge is 2.12. The summed E-state index contributed by atoms with van der Waals surface area (Å²) in [4.78, 5) is 4.39. The SMILES string of the molecule is Cc1c(N)cccc1-c1nc(CC(C)C)no1. The molecule has 1 aromatic heterocycles. The third-order valence-electron chi connectivity index (χ3n) is 2.67. The largest absolute Gasteiger partial charge is 0.398 e. The zero-order valence-corrected chi connectivity index (χ0v) is 10.4. The van der Waals surface area contributed by atoms with Gasteiger partial charge in [-0.15, -0.1) is 0 Å². The van der Waals surface area contributed by atoms with Gasteiger partial charge in [-0.1, -0.05) is 25.1 Å². The first-order valence-corrected chi connectivity index (χ1v) is 5.76. The smallest absolute Gasteiger partial charge is 0.258 e. The van der Waals surface area contributed by atoms with Crippen LogP contribution in [0.3, 0.4) is 0 Å². The molecule has 0 unspecified atom stereocenters. The Morgan fingerprint density at radius 2 is 2.12 bits per heavy atom. The molecule has 0 atom stereocenters. The number of hydrogen-bond donors (Lipinski definition) is 1. The Balaban J connectivity index is 2.34. The molecule has 0 amide bonds. The van der Waals surface area contributed by atoms with Gasteiger partial charge in [0.2, 0.25) is 0 Å². The lowest BCUT2D eigenvalue weighted by Gasteiger charge is -2.03. The van der Waals surface area contributed by atoms with Crippen LogP contribution in [0.4, 0.5) is 5.69 Å². The average molecular weight is 231 g/mol. The predicted molar refractivity (Wildman–Crippen MR) is 67.4 cm³/mol. The van der Waals surface area contributed by atoms with E-state index in [2.05, 4.69) is 24.0 Å². The van der Waals surface area contributed by atoms with Gasteiger partial charge < -0.3 is 10.3 Å². The van der Waals surface area contributed by atoms with E-state index in [1.807, 2.05) is 25.1 Å². The number of nitrogens with two attached hydrogens (primary N) is 1. The van der Waals surface area contributed by atoms with Crippen LogP contribution in [-0.2, 0) is 6.42 Å². The molecule has 2 aromatic rings. The standard InChI is InChI=1S/C13H17N3O/c1-8(2)7-12-15-13(17-16-12)10-5-4-6-11(14)9(10)3/h4-6,8H,7,14H2,1-3H3. The number of nitrogen functional groups attached to an aromatic ring is 1. The Bertz CT molecular complexity index is 517. The fourth-order valence-electron chi connectivity index (χ4n) is 1.70. The van der Waals surface area contributed by atoms with Crippen molar-refractivity contribution in [2.45, 2.75) is 27.2 Å². The van der Waals surface area contributed by atoms with E-state index in [0.717, 1.165) is 29.1 Å². The van der Waals surface area contributed by atoms with Gasteiger partial charge in [-0.05, 0) is 30.5 Å². The molecule has 0 radical (unpaired) electrons. The van der Waals surface area contributed by atoms with Gasteiger partial charge >= 0.3 is 0 Å². The van der Waals surface area contributed by atoms with Crippen LogP contribution in [0.15, 0.2) is 22.7 Å². The van der Waals surface area contributed by atoms with Crippen molar-refractivity contribution in [1.82, 2.24) is 10.1 Å². The van der Waals surface area contributed by atoms with E-state index in [1.54, 1.807) is 0 Å². The van der Waals surface area contributed by atoms with E-state index in [4.69, 9.17) is 10.3 Å². The fourth-order valence-corrected chi connectivity index (χ4v) is 1.70. The number of anilines is 1. The summed E-state index contributed by atoms with van der Waals surface area (Å²) in [6, 6.07) is 5.70.